The van der Waals surface area contributed by atoms with Gasteiger partial charge in [-0.1, -0.05) is 12.1 Å². The van der Waals surface area contributed by atoms with Crippen LogP contribution < -0.4 is 19.5 Å². The summed E-state index contributed by atoms with van der Waals surface area (Å²) in [5, 5.41) is 4.90. The van der Waals surface area contributed by atoms with E-state index < -0.39 is 0 Å². The third-order valence-corrected chi connectivity index (χ3v) is 5.84. The Kier molecular flexibility index (Phi) is 4.44. The van der Waals surface area contributed by atoms with Crippen molar-refractivity contribution in [3.05, 3.63) is 59.5 Å². The minimum Gasteiger partial charge on any atom is -0.497 e. The number of benzene rings is 2. The largest absolute Gasteiger partial charge is 0.497 e. The minimum absolute atomic E-state index is 0.142. The van der Waals surface area contributed by atoms with Crippen molar-refractivity contribution in [1.29, 1.82) is 0 Å². The standard InChI is InChI=1S/C22H18N2O4S/c1-26-15-7-6-13-8-14-9-20(29-22(14)24-17(13)10-15)21(25)23-11-16-12-27-18-4-2-3-5-19(18)28-16/h2-10,16H,11-12H2,1H3,(H,23,25). The first-order valence-corrected chi connectivity index (χ1v) is 10.1. The average molecular weight is 406 g/mol. The van der Waals surface area contributed by atoms with Gasteiger partial charge in [0.25, 0.3) is 5.91 Å². The third-order valence-electron chi connectivity index (χ3n) is 4.79. The van der Waals surface area contributed by atoms with Gasteiger partial charge in [-0.05, 0) is 36.4 Å². The van der Waals surface area contributed by atoms with Crippen LogP contribution >= 0.6 is 11.3 Å². The minimum atomic E-state index is -0.226. The molecule has 1 N–H and O–H groups in total. The number of aromatic nitrogens is 1. The van der Waals surface area contributed by atoms with Crippen molar-refractivity contribution >= 4 is 38.4 Å². The number of carbonyl (C=O) groups excluding carboxylic acids is 1. The van der Waals surface area contributed by atoms with Crippen molar-refractivity contribution in [2.75, 3.05) is 20.3 Å². The second-order valence-corrected chi connectivity index (χ2v) is 7.79. The van der Waals surface area contributed by atoms with Gasteiger partial charge in [0.2, 0.25) is 0 Å². The molecule has 2 aromatic heterocycles. The molecule has 146 valence electrons. The van der Waals surface area contributed by atoms with Gasteiger partial charge in [-0.25, -0.2) is 4.98 Å². The number of nitrogens with zero attached hydrogens (tertiary/aromatic N) is 1. The van der Waals surface area contributed by atoms with E-state index in [0.29, 0.717) is 23.8 Å². The number of para-hydroxylation sites is 2. The first-order valence-electron chi connectivity index (χ1n) is 9.24. The van der Waals surface area contributed by atoms with E-state index in [2.05, 4.69) is 10.3 Å². The second kappa shape index (κ2) is 7.25. The molecule has 5 rings (SSSR count). The molecule has 0 radical (unpaired) electrons. The summed E-state index contributed by atoms with van der Waals surface area (Å²) in [7, 11) is 1.63. The number of methoxy groups -OCH3 is 1. The number of ether oxygens (including phenoxy) is 3. The fraction of sp³-hybridized carbons (Fsp3) is 0.182. The van der Waals surface area contributed by atoms with E-state index in [9.17, 15) is 4.79 Å². The van der Waals surface area contributed by atoms with Crippen LogP contribution in [0.25, 0.3) is 21.1 Å². The molecule has 0 saturated carbocycles. The highest BCUT2D eigenvalue weighted by molar-refractivity contribution is 7.20. The number of hydrogen-bond acceptors (Lipinski definition) is 6. The Balaban J connectivity index is 1.31. The average Bonchev–Trinajstić information content (AvgIpc) is 3.18. The maximum atomic E-state index is 12.7. The van der Waals surface area contributed by atoms with E-state index in [-0.39, 0.29) is 12.0 Å². The normalized spacial score (nSPS) is 15.4. The Bertz CT molecular complexity index is 1220. The zero-order valence-corrected chi connectivity index (χ0v) is 16.5. The smallest absolute Gasteiger partial charge is 0.261 e. The summed E-state index contributed by atoms with van der Waals surface area (Å²) >= 11 is 1.37. The van der Waals surface area contributed by atoms with Crippen molar-refractivity contribution in [3.63, 3.8) is 0 Å². The van der Waals surface area contributed by atoms with Crippen LogP contribution in [-0.4, -0.2) is 37.3 Å². The Morgan fingerprint density at radius 3 is 2.90 bits per heavy atom. The number of carbonyl (C=O) groups is 1. The first-order chi connectivity index (χ1) is 14.2. The lowest BCUT2D eigenvalue weighted by atomic mass is 10.2. The summed E-state index contributed by atoms with van der Waals surface area (Å²) in [4.78, 5) is 18.8. The Morgan fingerprint density at radius 2 is 2.03 bits per heavy atom. The second-order valence-electron chi connectivity index (χ2n) is 6.76. The van der Waals surface area contributed by atoms with Gasteiger partial charge >= 0.3 is 0 Å². The number of pyridine rings is 1. The lowest BCUT2D eigenvalue weighted by molar-refractivity contribution is 0.0791. The number of rotatable bonds is 4. The van der Waals surface area contributed by atoms with Crippen molar-refractivity contribution in [2.24, 2.45) is 0 Å². The quantitative estimate of drug-likeness (QED) is 0.554. The molecular weight excluding hydrogens is 388 g/mol. The fourth-order valence-electron chi connectivity index (χ4n) is 3.30. The van der Waals surface area contributed by atoms with Crippen molar-refractivity contribution < 1.29 is 19.0 Å². The van der Waals surface area contributed by atoms with Gasteiger partial charge < -0.3 is 19.5 Å². The van der Waals surface area contributed by atoms with Crippen LogP contribution in [0.15, 0.2) is 54.6 Å². The molecule has 1 atom stereocenters. The Morgan fingerprint density at radius 1 is 1.17 bits per heavy atom. The maximum absolute atomic E-state index is 12.7. The predicted molar refractivity (Wildman–Crippen MR) is 112 cm³/mol. The lowest BCUT2D eigenvalue weighted by Crippen LogP contribution is -2.40. The molecule has 1 aliphatic rings. The number of thiophene rings is 1. The molecule has 7 heteroatoms. The SMILES string of the molecule is COc1ccc2cc3cc(C(=O)NCC4COc5ccccc5O4)sc3nc2c1. The van der Waals surface area contributed by atoms with Crippen molar-refractivity contribution in [3.8, 4) is 17.2 Å². The molecule has 1 unspecified atom stereocenters. The third kappa shape index (κ3) is 3.45. The predicted octanol–water partition coefficient (Wildman–Crippen LogP) is 4.03. The Labute approximate surface area is 171 Å². The molecule has 3 heterocycles. The maximum Gasteiger partial charge on any atom is 0.261 e. The van der Waals surface area contributed by atoms with Gasteiger partial charge in [0.15, 0.2) is 11.5 Å². The van der Waals surface area contributed by atoms with E-state index in [1.165, 1.54) is 11.3 Å². The van der Waals surface area contributed by atoms with Crippen LogP contribution in [0.3, 0.4) is 0 Å². The Hall–Kier alpha value is -3.32. The molecule has 0 spiro atoms. The zero-order valence-electron chi connectivity index (χ0n) is 15.7. The van der Waals surface area contributed by atoms with Crippen molar-refractivity contribution in [2.45, 2.75) is 6.10 Å². The van der Waals surface area contributed by atoms with Crippen LogP contribution in [-0.2, 0) is 0 Å². The summed E-state index contributed by atoms with van der Waals surface area (Å²) in [6.07, 6.45) is -0.226. The molecule has 1 amide bonds. The lowest BCUT2D eigenvalue weighted by Gasteiger charge is -2.26. The molecule has 1 aliphatic heterocycles. The first kappa shape index (κ1) is 17.8. The number of amides is 1. The van der Waals surface area contributed by atoms with Gasteiger partial charge in [-0.15, -0.1) is 11.3 Å². The van der Waals surface area contributed by atoms with Crippen LogP contribution in [0, 0.1) is 0 Å². The summed E-state index contributed by atoms with van der Waals surface area (Å²) in [6.45, 7) is 0.770. The monoisotopic (exact) mass is 406 g/mol. The highest BCUT2D eigenvalue weighted by atomic mass is 32.1. The molecular formula is C22H18N2O4S. The molecule has 29 heavy (non-hydrogen) atoms. The highest BCUT2D eigenvalue weighted by Gasteiger charge is 2.22. The van der Waals surface area contributed by atoms with Gasteiger partial charge in [0, 0.05) is 16.8 Å². The molecule has 0 aliphatic carbocycles. The van der Waals surface area contributed by atoms with Gasteiger partial charge in [0.1, 0.15) is 23.3 Å². The van der Waals surface area contributed by atoms with Crippen LogP contribution in [0.5, 0.6) is 17.2 Å². The van der Waals surface area contributed by atoms with Crippen molar-refractivity contribution in [1.82, 2.24) is 10.3 Å². The fourth-order valence-corrected chi connectivity index (χ4v) is 4.24. The van der Waals surface area contributed by atoms with E-state index >= 15 is 0 Å². The van der Waals surface area contributed by atoms with E-state index in [1.807, 2.05) is 54.6 Å². The number of nitrogens with one attached hydrogen (secondary N) is 1. The summed E-state index contributed by atoms with van der Waals surface area (Å²) in [6, 6.07) is 17.2. The summed E-state index contributed by atoms with van der Waals surface area (Å²) < 4.78 is 16.8. The zero-order chi connectivity index (χ0) is 19.8. The van der Waals surface area contributed by atoms with Crippen LogP contribution in [0.4, 0.5) is 0 Å². The van der Waals surface area contributed by atoms with Crippen LogP contribution in [0.2, 0.25) is 0 Å². The molecule has 0 bridgehead atoms. The van der Waals surface area contributed by atoms with E-state index in [4.69, 9.17) is 14.2 Å². The molecule has 4 aromatic rings. The highest BCUT2D eigenvalue weighted by Crippen LogP contribution is 2.31. The number of hydrogen-bond donors (Lipinski definition) is 1. The summed E-state index contributed by atoms with van der Waals surface area (Å²) in [5.74, 6) is 2.05. The van der Waals surface area contributed by atoms with Gasteiger partial charge in [-0.3, -0.25) is 4.79 Å². The van der Waals surface area contributed by atoms with E-state index in [1.54, 1.807) is 7.11 Å². The molecule has 6 nitrogen and oxygen atoms in total. The summed E-state index contributed by atoms with van der Waals surface area (Å²) in [5.41, 5.74) is 0.845. The molecule has 0 saturated heterocycles. The van der Waals surface area contributed by atoms with Crippen LogP contribution in [0.1, 0.15) is 9.67 Å². The van der Waals surface area contributed by atoms with Gasteiger partial charge in [-0.2, -0.15) is 0 Å². The van der Waals surface area contributed by atoms with E-state index in [0.717, 1.165) is 32.6 Å². The molecule has 2 aromatic carbocycles. The number of fused-ring (bicyclic) bond motifs is 3. The van der Waals surface area contributed by atoms with Gasteiger partial charge in [0.05, 0.1) is 24.0 Å². The topological polar surface area (TPSA) is 69.7 Å². The molecule has 0 fully saturated rings.